The number of ether oxygens (including phenoxy) is 2. The smallest absolute Gasteiger partial charge is 0.347 e. The molecule has 0 aliphatic carbocycles. The second-order valence-electron chi connectivity index (χ2n) is 14.5. The number of hydrogen-bond acceptors (Lipinski definition) is 3. The zero-order valence-corrected chi connectivity index (χ0v) is 32.6. The molecule has 1 atom stereocenters. The summed E-state index contributed by atoms with van der Waals surface area (Å²) < 4.78 is 13.8. The maximum atomic E-state index is 13.3. The minimum absolute atomic E-state index is 0.188. The maximum Gasteiger partial charge on any atom is 0.347 e. The Kier molecular flexibility index (Phi) is 28.1. The molecule has 6 nitrogen and oxygen atoms in total. The first-order valence-corrected chi connectivity index (χ1v) is 20.3. The van der Waals surface area contributed by atoms with E-state index in [-0.39, 0.29) is 5.97 Å². The Bertz CT molecular complexity index is 911. The Morgan fingerprint density at radius 2 is 1.02 bits per heavy atom. The van der Waals surface area contributed by atoms with E-state index in [9.17, 15) is 4.79 Å². The second kappa shape index (κ2) is 30.8. The molecule has 0 fully saturated rings. The van der Waals surface area contributed by atoms with E-state index in [1.54, 1.807) is 0 Å². The quantitative estimate of drug-likeness (QED) is 0.0280. The first-order valence-electron chi connectivity index (χ1n) is 20.3. The van der Waals surface area contributed by atoms with E-state index < -0.39 is 6.04 Å². The Morgan fingerprint density at radius 1 is 0.625 bits per heavy atom. The van der Waals surface area contributed by atoms with Gasteiger partial charge in [-0.15, -0.1) is 0 Å². The van der Waals surface area contributed by atoms with Crippen LogP contribution in [0.5, 0.6) is 5.75 Å². The molecule has 0 unspecified atom stereocenters. The fraction of sp³-hybridized carbons (Fsp3) is 0.810. The molecule has 0 radical (unpaired) electrons. The minimum atomic E-state index is -0.463. The number of guanidine groups is 1. The summed E-state index contributed by atoms with van der Waals surface area (Å²) in [6.07, 6.45) is 32.2. The molecule has 0 aliphatic rings. The van der Waals surface area contributed by atoms with Crippen molar-refractivity contribution in [1.82, 2.24) is 10.2 Å². The SMILES string of the molecule is CCCCCCCCCCCCCCOC(=O)[C@H](Cc1ccc(OCCCCCCCCCCCCCC)cc1)NC(N(C)C)=[N+](C)C. The van der Waals surface area contributed by atoms with E-state index in [0.717, 1.165) is 43.1 Å². The van der Waals surface area contributed by atoms with Crippen LogP contribution in [0.2, 0.25) is 0 Å². The van der Waals surface area contributed by atoms with Crippen LogP contribution in [0.4, 0.5) is 0 Å². The number of carbonyl (C=O) groups is 1. The molecule has 0 spiro atoms. The van der Waals surface area contributed by atoms with Crippen LogP contribution in [0.15, 0.2) is 24.3 Å². The van der Waals surface area contributed by atoms with Crippen molar-refractivity contribution < 1.29 is 18.8 Å². The summed E-state index contributed by atoms with van der Waals surface area (Å²) in [5.41, 5.74) is 1.09. The Morgan fingerprint density at radius 3 is 1.42 bits per heavy atom. The monoisotopic (exact) mass is 673 g/mol. The lowest BCUT2D eigenvalue weighted by Crippen LogP contribution is -2.51. The van der Waals surface area contributed by atoms with Gasteiger partial charge in [-0.25, -0.2) is 4.79 Å². The van der Waals surface area contributed by atoms with Gasteiger partial charge in [0.1, 0.15) is 5.75 Å². The highest BCUT2D eigenvalue weighted by Crippen LogP contribution is 2.17. The summed E-state index contributed by atoms with van der Waals surface area (Å²) in [6, 6.07) is 7.77. The molecule has 1 aromatic carbocycles. The van der Waals surface area contributed by atoms with Crippen molar-refractivity contribution in [3.8, 4) is 5.75 Å². The van der Waals surface area contributed by atoms with Gasteiger partial charge in [-0.3, -0.25) is 14.8 Å². The van der Waals surface area contributed by atoms with E-state index in [1.165, 1.54) is 135 Å². The third kappa shape index (κ3) is 24.0. The largest absolute Gasteiger partial charge is 0.494 e. The van der Waals surface area contributed by atoms with Crippen LogP contribution >= 0.6 is 0 Å². The van der Waals surface area contributed by atoms with Gasteiger partial charge < -0.3 is 9.47 Å². The van der Waals surface area contributed by atoms with Gasteiger partial charge in [0, 0.05) is 6.42 Å². The van der Waals surface area contributed by atoms with E-state index in [2.05, 4.69) is 31.3 Å². The van der Waals surface area contributed by atoms with Crippen LogP contribution in [0.1, 0.15) is 174 Å². The zero-order chi connectivity index (χ0) is 35.1. The molecule has 1 N–H and O–H groups in total. The number of nitrogens with zero attached hydrogens (tertiary/aromatic N) is 2. The van der Waals surface area contributed by atoms with Crippen molar-refractivity contribution in [2.45, 2.75) is 180 Å². The van der Waals surface area contributed by atoms with E-state index in [1.807, 2.05) is 49.8 Å². The van der Waals surface area contributed by atoms with Gasteiger partial charge in [-0.05, 0) is 30.5 Å². The molecular weight excluding hydrogens is 594 g/mol. The van der Waals surface area contributed by atoms with E-state index in [0.29, 0.717) is 13.0 Å². The fourth-order valence-corrected chi connectivity index (χ4v) is 6.31. The van der Waals surface area contributed by atoms with Gasteiger partial charge in [0.2, 0.25) is 0 Å². The predicted octanol–water partition coefficient (Wildman–Crippen LogP) is 10.7. The van der Waals surface area contributed by atoms with Crippen molar-refractivity contribution in [2.24, 2.45) is 0 Å². The van der Waals surface area contributed by atoms with Crippen LogP contribution < -0.4 is 10.1 Å². The van der Waals surface area contributed by atoms with Crippen LogP contribution in [-0.2, 0) is 16.0 Å². The minimum Gasteiger partial charge on any atom is -0.494 e. The number of unbranched alkanes of at least 4 members (excludes halogenated alkanes) is 22. The van der Waals surface area contributed by atoms with Crippen molar-refractivity contribution in [1.29, 1.82) is 0 Å². The molecule has 0 aromatic heterocycles. The van der Waals surface area contributed by atoms with Crippen molar-refractivity contribution in [2.75, 3.05) is 41.4 Å². The highest BCUT2D eigenvalue weighted by atomic mass is 16.5. The summed E-state index contributed by atoms with van der Waals surface area (Å²) in [4.78, 5) is 15.3. The summed E-state index contributed by atoms with van der Waals surface area (Å²) >= 11 is 0. The van der Waals surface area contributed by atoms with Crippen LogP contribution in [0.25, 0.3) is 0 Å². The van der Waals surface area contributed by atoms with Gasteiger partial charge in [-0.1, -0.05) is 167 Å². The number of rotatable bonds is 31. The molecule has 1 aromatic rings. The lowest BCUT2D eigenvalue weighted by Gasteiger charge is -2.20. The van der Waals surface area contributed by atoms with Crippen LogP contribution in [0, 0.1) is 0 Å². The molecule has 6 heteroatoms. The molecule has 0 saturated heterocycles. The number of esters is 1. The molecule has 278 valence electrons. The van der Waals surface area contributed by atoms with E-state index in [4.69, 9.17) is 9.47 Å². The lowest BCUT2D eigenvalue weighted by molar-refractivity contribution is -0.472. The second-order valence-corrected chi connectivity index (χ2v) is 14.5. The molecule has 0 amide bonds. The molecule has 0 heterocycles. The third-order valence-corrected chi connectivity index (χ3v) is 9.31. The number of nitrogens with one attached hydrogen (secondary N) is 1. The topological polar surface area (TPSA) is 53.8 Å². The van der Waals surface area contributed by atoms with E-state index >= 15 is 0 Å². The highest BCUT2D eigenvalue weighted by molar-refractivity contribution is 5.84. The fourth-order valence-electron chi connectivity index (χ4n) is 6.31. The lowest BCUT2D eigenvalue weighted by atomic mass is 10.1. The van der Waals surface area contributed by atoms with Gasteiger partial charge in [0.05, 0.1) is 41.4 Å². The Balaban J connectivity index is 2.37. The molecule has 48 heavy (non-hydrogen) atoms. The number of carbonyl (C=O) groups excluding carboxylic acids is 1. The highest BCUT2D eigenvalue weighted by Gasteiger charge is 2.27. The van der Waals surface area contributed by atoms with Crippen LogP contribution in [0.3, 0.4) is 0 Å². The zero-order valence-electron chi connectivity index (χ0n) is 32.6. The number of hydrogen-bond donors (Lipinski definition) is 1. The molecule has 0 aliphatic heterocycles. The summed E-state index contributed by atoms with van der Waals surface area (Å²) in [5, 5.41) is 3.46. The first kappa shape index (κ1) is 43.8. The molecule has 0 bridgehead atoms. The predicted molar refractivity (Wildman–Crippen MR) is 206 cm³/mol. The van der Waals surface area contributed by atoms with Crippen molar-refractivity contribution in [3.63, 3.8) is 0 Å². The molecule has 0 saturated carbocycles. The van der Waals surface area contributed by atoms with Crippen LogP contribution in [-0.4, -0.2) is 68.9 Å². The normalized spacial score (nSPS) is 11.7. The Labute approximate surface area is 297 Å². The standard InChI is InChI=1S/C42H77N3O3/c1-7-9-11-13-15-17-19-21-23-25-27-29-35-47-39-33-31-38(32-34-39)37-40(43-42(44(3)4)45(5)6)41(46)48-36-30-28-26-24-22-20-18-16-14-12-10-8-2/h31-34,40H,7-30,35-37H2,1-6H3/p+1/t40-/m0/s1. The average Bonchev–Trinajstić information content (AvgIpc) is 3.07. The van der Waals surface area contributed by atoms with Gasteiger partial charge >= 0.3 is 11.9 Å². The first-order chi connectivity index (χ1) is 23.4. The number of benzene rings is 1. The van der Waals surface area contributed by atoms with Gasteiger partial charge in [0.25, 0.3) is 0 Å². The van der Waals surface area contributed by atoms with Gasteiger partial charge in [0.15, 0.2) is 6.04 Å². The summed E-state index contributed by atoms with van der Waals surface area (Å²) in [5.74, 6) is 1.59. The summed E-state index contributed by atoms with van der Waals surface area (Å²) in [7, 11) is 7.94. The van der Waals surface area contributed by atoms with Crippen molar-refractivity contribution in [3.05, 3.63) is 29.8 Å². The Hall–Kier alpha value is -2.24. The molecule has 1 rings (SSSR count). The average molecular weight is 673 g/mol. The molecular formula is C42H78N3O3+. The third-order valence-electron chi connectivity index (χ3n) is 9.31. The maximum absolute atomic E-state index is 13.3. The van der Waals surface area contributed by atoms with Crippen molar-refractivity contribution >= 4 is 11.9 Å². The van der Waals surface area contributed by atoms with Gasteiger partial charge in [-0.2, -0.15) is 0 Å². The summed E-state index contributed by atoms with van der Waals surface area (Å²) in [6.45, 7) is 5.80.